The Hall–Kier alpha value is -2.85. The Morgan fingerprint density at radius 1 is 0.921 bits per heavy atom. The van der Waals surface area contributed by atoms with E-state index in [2.05, 4.69) is 5.32 Å². The Morgan fingerprint density at radius 2 is 1.61 bits per heavy atom. The van der Waals surface area contributed by atoms with Gasteiger partial charge in [-0.25, -0.2) is 12.8 Å². The molecular weight excluding hydrogens is 576 g/mol. The number of carbonyl (C=O) groups is 2. The van der Waals surface area contributed by atoms with Gasteiger partial charge in [0.25, 0.3) is 0 Å². The lowest BCUT2D eigenvalue weighted by Crippen LogP contribution is -2.52. The van der Waals surface area contributed by atoms with Crippen LogP contribution in [0.15, 0.2) is 66.7 Å². The molecule has 0 bridgehead atoms. The van der Waals surface area contributed by atoms with Crippen LogP contribution < -0.4 is 9.62 Å². The van der Waals surface area contributed by atoms with Crippen LogP contribution >= 0.6 is 34.8 Å². The first kappa shape index (κ1) is 29.7. The molecule has 1 N–H and O–H groups in total. The zero-order chi connectivity index (χ0) is 28.0. The number of nitrogens with zero attached hydrogens (tertiary/aromatic N) is 2. The van der Waals surface area contributed by atoms with Gasteiger partial charge in [-0.1, -0.05) is 71.2 Å². The summed E-state index contributed by atoms with van der Waals surface area (Å²) in [6.07, 6.45) is 1.08. The fraction of sp³-hybridized carbons (Fsp3) is 0.231. The van der Waals surface area contributed by atoms with E-state index in [0.717, 1.165) is 28.3 Å². The molecule has 0 saturated carbocycles. The maximum atomic E-state index is 13.8. The van der Waals surface area contributed by atoms with Crippen molar-refractivity contribution in [3.8, 4) is 0 Å². The third kappa shape index (κ3) is 7.60. The van der Waals surface area contributed by atoms with Crippen LogP contribution in [0.5, 0.6) is 0 Å². The molecule has 0 radical (unpaired) electrons. The monoisotopic (exact) mass is 599 g/mol. The van der Waals surface area contributed by atoms with Gasteiger partial charge in [0, 0.05) is 20.0 Å². The van der Waals surface area contributed by atoms with Crippen molar-refractivity contribution < 1.29 is 22.4 Å². The number of halogens is 4. The van der Waals surface area contributed by atoms with E-state index in [1.807, 2.05) is 30.3 Å². The van der Waals surface area contributed by atoms with Gasteiger partial charge in [0.05, 0.1) is 27.0 Å². The fourth-order valence-electron chi connectivity index (χ4n) is 3.81. The van der Waals surface area contributed by atoms with Crippen molar-refractivity contribution in [2.45, 2.75) is 19.0 Å². The summed E-state index contributed by atoms with van der Waals surface area (Å²) in [4.78, 5) is 28.2. The summed E-state index contributed by atoms with van der Waals surface area (Å²) in [6.45, 7) is -0.729. The average Bonchev–Trinajstić information content (AvgIpc) is 2.87. The second-order valence-corrected chi connectivity index (χ2v) is 11.6. The molecule has 3 rings (SSSR count). The maximum absolute atomic E-state index is 13.8. The highest BCUT2D eigenvalue weighted by Gasteiger charge is 2.32. The number of benzene rings is 3. The molecule has 202 valence electrons. The molecule has 0 unspecified atom stereocenters. The van der Waals surface area contributed by atoms with E-state index in [0.29, 0.717) is 10.6 Å². The number of hydrogen-bond acceptors (Lipinski definition) is 4. The molecule has 0 spiro atoms. The van der Waals surface area contributed by atoms with E-state index in [1.54, 1.807) is 18.2 Å². The number of sulfonamides is 1. The fourth-order valence-corrected chi connectivity index (χ4v) is 5.15. The smallest absolute Gasteiger partial charge is 0.244 e. The maximum Gasteiger partial charge on any atom is 0.244 e. The first-order valence-electron chi connectivity index (χ1n) is 11.3. The van der Waals surface area contributed by atoms with E-state index in [1.165, 1.54) is 18.0 Å². The van der Waals surface area contributed by atoms with E-state index in [4.69, 9.17) is 34.8 Å². The minimum atomic E-state index is -4.01. The third-order valence-corrected chi connectivity index (χ3v) is 7.89. The van der Waals surface area contributed by atoms with Gasteiger partial charge in [-0.2, -0.15) is 0 Å². The Balaban J connectivity index is 2.05. The molecular formula is C26H25Cl3FN3O4S. The van der Waals surface area contributed by atoms with Crippen molar-refractivity contribution in [3.05, 3.63) is 98.7 Å². The van der Waals surface area contributed by atoms with Crippen LogP contribution in [0, 0.1) is 5.82 Å². The van der Waals surface area contributed by atoms with E-state index in [9.17, 15) is 22.4 Å². The SMILES string of the molecule is CNC(=O)[C@@H](Cc1ccccc1)N(Cc1ccc(Cl)c(Cl)c1)C(=O)CN(c1ccc(F)c(Cl)c1)S(C)(=O)=O. The number of nitrogens with one attached hydrogen (secondary N) is 1. The van der Waals surface area contributed by atoms with Gasteiger partial charge in [0.1, 0.15) is 18.4 Å². The van der Waals surface area contributed by atoms with Crippen molar-refractivity contribution in [3.63, 3.8) is 0 Å². The largest absolute Gasteiger partial charge is 0.357 e. The Labute approximate surface area is 236 Å². The number of amides is 2. The molecule has 0 heterocycles. The molecule has 1 atom stereocenters. The van der Waals surface area contributed by atoms with Crippen LogP contribution in [-0.2, 0) is 32.6 Å². The minimum absolute atomic E-state index is 0.00119. The quantitative estimate of drug-likeness (QED) is 0.357. The molecule has 3 aromatic rings. The molecule has 0 aliphatic heterocycles. The number of rotatable bonds is 10. The van der Waals surface area contributed by atoms with E-state index >= 15 is 0 Å². The van der Waals surface area contributed by atoms with Gasteiger partial charge in [-0.05, 0) is 41.5 Å². The van der Waals surface area contributed by atoms with Gasteiger partial charge in [0.15, 0.2) is 0 Å². The normalized spacial score (nSPS) is 12.1. The first-order chi connectivity index (χ1) is 17.9. The van der Waals surface area contributed by atoms with Crippen LogP contribution in [0.4, 0.5) is 10.1 Å². The van der Waals surface area contributed by atoms with Crippen molar-refractivity contribution in [2.24, 2.45) is 0 Å². The van der Waals surface area contributed by atoms with Crippen LogP contribution in [-0.4, -0.2) is 51.0 Å². The molecule has 0 fully saturated rings. The first-order valence-corrected chi connectivity index (χ1v) is 14.3. The number of carbonyl (C=O) groups excluding carboxylic acids is 2. The molecule has 38 heavy (non-hydrogen) atoms. The lowest BCUT2D eigenvalue weighted by molar-refractivity contribution is -0.139. The Morgan fingerprint density at radius 3 is 2.18 bits per heavy atom. The van der Waals surface area contributed by atoms with E-state index in [-0.39, 0.29) is 28.7 Å². The zero-order valence-corrected chi connectivity index (χ0v) is 23.6. The summed E-state index contributed by atoms with van der Waals surface area (Å²) in [6, 6.07) is 16.2. The van der Waals surface area contributed by atoms with Gasteiger partial charge in [-0.15, -0.1) is 0 Å². The van der Waals surface area contributed by atoms with Gasteiger partial charge in [0.2, 0.25) is 21.8 Å². The van der Waals surface area contributed by atoms with Gasteiger partial charge >= 0.3 is 0 Å². The summed E-state index contributed by atoms with van der Waals surface area (Å²) in [7, 11) is -2.56. The molecule has 2 amide bonds. The highest BCUT2D eigenvalue weighted by Crippen LogP contribution is 2.27. The zero-order valence-electron chi connectivity index (χ0n) is 20.5. The van der Waals surface area contributed by atoms with Crippen LogP contribution in [0.3, 0.4) is 0 Å². The average molecular weight is 601 g/mol. The standard InChI is InChI=1S/C26H25Cl3FN3O4S/c1-31-26(35)24(13-17-6-4-3-5-7-17)32(15-18-8-10-20(27)21(28)12-18)25(34)16-33(38(2,36)37)19-9-11-23(30)22(29)14-19/h3-12,14,24H,13,15-16H2,1-2H3,(H,31,35)/t24-/m1/s1. The minimum Gasteiger partial charge on any atom is -0.357 e. The second-order valence-electron chi connectivity index (χ2n) is 8.46. The van der Waals surface area contributed by atoms with Crippen molar-refractivity contribution in [2.75, 3.05) is 24.2 Å². The summed E-state index contributed by atoms with van der Waals surface area (Å²) >= 11 is 18.1. The lowest BCUT2D eigenvalue weighted by Gasteiger charge is -2.33. The molecule has 0 aromatic heterocycles. The van der Waals surface area contributed by atoms with Crippen molar-refractivity contribution in [1.82, 2.24) is 10.2 Å². The number of anilines is 1. The number of hydrogen-bond donors (Lipinski definition) is 1. The van der Waals surface area contributed by atoms with Gasteiger partial charge in [-0.3, -0.25) is 13.9 Å². The number of likely N-dealkylation sites (N-methyl/N-ethyl adjacent to an activating group) is 1. The molecule has 7 nitrogen and oxygen atoms in total. The summed E-state index contributed by atoms with van der Waals surface area (Å²) < 4.78 is 39.9. The topological polar surface area (TPSA) is 86.8 Å². The van der Waals surface area contributed by atoms with E-state index < -0.39 is 40.2 Å². The van der Waals surface area contributed by atoms with Crippen LogP contribution in [0.1, 0.15) is 11.1 Å². The van der Waals surface area contributed by atoms with Crippen molar-refractivity contribution in [1.29, 1.82) is 0 Å². The molecule has 0 aliphatic carbocycles. The molecule has 12 heteroatoms. The summed E-state index contributed by atoms with van der Waals surface area (Å²) in [5, 5.41) is 2.86. The predicted molar refractivity (Wildman–Crippen MR) is 149 cm³/mol. The predicted octanol–water partition coefficient (Wildman–Crippen LogP) is 4.94. The highest BCUT2D eigenvalue weighted by molar-refractivity contribution is 7.92. The summed E-state index contributed by atoms with van der Waals surface area (Å²) in [5.74, 6) is -1.86. The lowest BCUT2D eigenvalue weighted by atomic mass is 10.0. The van der Waals surface area contributed by atoms with Crippen molar-refractivity contribution >= 4 is 62.3 Å². The Bertz CT molecular complexity index is 1420. The molecule has 0 saturated heterocycles. The molecule has 3 aromatic carbocycles. The van der Waals surface area contributed by atoms with Crippen LogP contribution in [0.2, 0.25) is 15.1 Å². The van der Waals surface area contributed by atoms with Gasteiger partial charge < -0.3 is 10.2 Å². The Kier molecular flexibility index (Phi) is 10.0. The second kappa shape index (κ2) is 12.8. The molecule has 0 aliphatic rings. The van der Waals surface area contributed by atoms with Crippen LogP contribution in [0.25, 0.3) is 0 Å². The third-order valence-electron chi connectivity index (χ3n) is 5.72. The highest BCUT2D eigenvalue weighted by atomic mass is 35.5. The summed E-state index contributed by atoms with van der Waals surface area (Å²) in [5.41, 5.74) is 1.37.